The fraction of sp³-hybridized carbons (Fsp3) is 0.357. The van der Waals surface area contributed by atoms with Crippen molar-refractivity contribution in [3.05, 3.63) is 35.5 Å². The summed E-state index contributed by atoms with van der Waals surface area (Å²) in [6.45, 7) is 5.66. The maximum Gasteiger partial charge on any atom is 0.326 e. The van der Waals surface area contributed by atoms with Crippen molar-refractivity contribution in [2.45, 2.75) is 32.9 Å². The van der Waals surface area contributed by atoms with E-state index in [1.54, 1.807) is 23.3 Å². The van der Waals surface area contributed by atoms with Gasteiger partial charge in [-0.3, -0.25) is 9.78 Å². The van der Waals surface area contributed by atoms with Crippen molar-refractivity contribution in [3.63, 3.8) is 0 Å². The maximum absolute atomic E-state index is 11.9. The van der Waals surface area contributed by atoms with Crippen molar-refractivity contribution in [3.8, 4) is 11.3 Å². The molecular weight excluding hydrogens is 322 g/mol. The van der Waals surface area contributed by atoms with Crippen LogP contribution in [0, 0.1) is 0 Å². The predicted octanol–water partition coefficient (Wildman–Crippen LogP) is 3.05. The molecule has 0 saturated heterocycles. The van der Waals surface area contributed by atoms with E-state index in [9.17, 15) is 4.79 Å². The van der Waals surface area contributed by atoms with Gasteiger partial charge in [-0.25, -0.2) is 4.98 Å². The minimum atomic E-state index is -0.494. The Morgan fingerprint density at radius 2 is 2.00 bits per heavy atom. The number of ether oxygens (including phenoxy) is 1. The molecule has 0 amide bonds. The van der Waals surface area contributed by atoms with Gasteiger partial charge in [-0.05, 0) is 48.8 Å². The van der Waals surface area contributed by atoms with Crippen LogP contribution < -0.4 is 0 Å². The number of halogens is 1. The minimum Gasteiger partial charge on any atom is -0.459 e. The van der Waals surface area contributed by atoms with Gasteiger partial charge >= 0.3 is 5.97 Å². The summed E-state index contributed by atoms with van der Waals surface area (Å²) in [6, 6.07) is 3.74. The monoisotopic (exact) mass is 337 g/mol. The number of nitrogens with zero attached hydrogens (tertiary/aromatic N) is 3. The fourth-order valence-corrected chi connectivity index (χ4v) is 2.33. The number of rotatable bonds is 3. The molecule has 20 heavy (non-hydrogen) atoms. The van der Waals surface area contributed by atoms with Crippen LogP contribution in [-0.4, -0.2) is 26.1 Å². The number of aromatic nitrogens is 3. The summed E-state index contributed by atoms with van der Waals surface area (Å²) in [5, 5.41) is 0. The second-order valence-corrected chi connectivity index (χ2v) is 6.09. The van der Waals surface area contributed by atoms with E-state index in [1.807, 2.05) is 32.9 Å². The molecule has 0 unspecified atom stereocenters. The van der Waals surface area contributed by atoms with Crippen molar-refractivity contribution in [1.29, 1.82) is 0 Å². The van der Waals surface area contributed by atoms with Gasteiger partial charge in [0.25, 0.3) is 0 Å². The molecule has 2 heterocycles. The first-order chi connectivity index (χ1) is 9.37. The van der Waals surface area contributed by atoms with Crippen LogP contribution >= 0.6 is 15.9 Å². The Morgan fingerprint density at radius 1 is 1.35 bits per heavy atom. The number of carbonyl (C=O) groups is 1. The van der Waals surface area contributed by atoms with Crippen molar-refractivity contribution in [2.75, 3.05) is 0 Å². The lowest BCUT2D eigenvalue weighted by atomic mass is 10.2. The molecular formula is C14H16BrN3O2. The summed E-state index contributed by atoms with van der Waals surface area (Å²) in [4.78, 5) is 20.1. The van der Waals surface area contributed by atoms with Crippen LogP contribution in [-0.2, 0) is 16.1 Å². The summed E-state index contributed by atoms with van der Waals surface area (Å²) in [5.41, 5.74) is 1.28. The van der Waals surface area contributed by atoms with Gasteiger partial charge in [-0.2, -0.15) is 0 Å². The molecule has 5 nitrogen and oxygen atoms in total. The molecule has 106 valence electrons. The zero-order chi connectivity index (χ0) is 14.8. The van der Waals surface area contributed by atoms with Crippen LogP contribution in [0.5, 0.6) is 0 Å². The highest BCUT2D eigenvalue weighted by Gasteiger charge is 2.19. The summed E-state index contributed by atoms with van der Waals surface area (Å²) < 4.78 is 7.77. The maximum atomic E-state index is 11.9. The van der Waals surface area contributed by atoms with Crippen molar-refractivity contribution in [2.24, 2.45) is 0 Å². The molecule has 0 saturated carbocycles. The molecule has 2 rings (SSSR count). The molecule has 6 heteroatoms. The van der Waals surface area contributed by atoms with E-state index in [4.69, 9.17) is 4.74 Å². The molecule has 0 aliphatic rings. The van der Waals surface area contributed by atoms with Crippen molar-refractivity contribution < 1.29 is 9.53 Å². The lowest BCUT2D eigenvalue weighted by Crippen LogP contribution is -2.26. The molecule has 0 radical (unpaired) electrons. The summed E-state index contributed by atoms with van der Waals surface area (Å²) in [5.74, 6) is -0.294. The highest BCUT2D eigenvalue weighted by molar-refractivity contribution is 9.10. The number of carbonyl (C=O) groups excluding carboxylic acids is 1. The number of esters is 1. The average molecular weight is 338 g/mol. The quantitative estimate of drug-likeness (QED) is 0.807. The highest BCUT2D eigenvalue weighted by atomic mass is 79.9. The molecule has 0 spiro atoms. The van der Waals surface area contributed by atoms with Gasteiger partial charge in [0.1, 0.15) is 16.7 Å². The molecule has 0 atom stereocenters. The van der Waals surface area contributed by atoms with Gasteiger partial charge in [-0.1, -0.05) is 0 Å². The van der Waals surface area contributed by atoms with Gasteiger partial charge in [0, 0.05) is 18.0 Å². The third kappa shape index (κ3) is 3.66. The van der Waals surface area contributed by atoms with Crippen LogP contribution in [0.4, 0.5) is 0 Å². The largest absolute Gasteiger partial charge is 0.459 e. The van der Waals surface area contributed by atoms with Crippen molar-refractivity contribution >= 4 is 21.9 Å². The Bertz CT molecular complexity index is 603. The lowest BCUT2D eigenvalue weighted by Gasteiger charge is -2.20. The first kappa shape index (κ1) is 14.7. The summed E-state index contributed by atoms with van der Waals surface area (Å²) >= 11 is 3.40. The second-order valence-electron chi connectivity index (χ2n) is 5.33. The minimum absolute atomic E-state index is 0.119. The molecule has 0 aliphatic carbocycles. The fourth-order valence-electron chi connectivity index (χ4n) is 1.79. The van der Waals surface area contributed by atoms with Crippen molar-refractivity contribution in [1.82, 2.24) is 14.5 Å². The molecule has 0 fully saturated rings. The van der Waals surface area contributed by atoms with E-state index < -0.39 is 5.60 Å². The number of hydrogen-bond donors (Lipinski definition) is 0. The van der Waals surface area contributed by atoms with E-state index >= 15 is 0 Å². The van der Waals surface area contributed by atoms with Gasteiger partial charge < -0.3 is 9.30 Å². The van der Waals surface area contributed by atoms with Crippen LogP contribution in [0.1, 0.15) is 20.8 Å². The molecule has 0 aromatic carbocycles. The molecule has 2 aromatic heterocycles. The van der Waals surface area contributed by atoms with Crippen LogP contribution in [0.15, 0.2) is 35.5 Å². The lowest BCUT2D eigenvalue weighted by molar-refractivity contribution is -0.155. The standard InChI is InChI=1S/C14H16BrN3O2/c1-14(2,3)20-11(19)8-18-9-17-13(15)12(18)10-4-6-16-7-5-10/h4-7,9H,8H2,1-3H3. The zero-order valence-electron chi connectivity index (χ0n) is 11.6. The molecule has 2 aromatic rings. The van der Waals surface area contributed by atoms with E-state index in [1.165, 1.54) is 0 Å². The Hall–Kier alpha value is -1.69. The first-order valence-electron chi connectivity index (χ1n) is 6.20. The Balaban J connectivity index is 2.24. The Morgan fingerprint density at radius 3 is 2.60 bits per heavy atom. The van der Waals surface area contributed by atoms with E-state index in [0.717, 1.165) is 11.3 Å². The Labute approximate surface area is 126 Å². The topological polar surface area (TPSA) is 57.0 Å². The van der Waals surface area contributed by atoms with Gasteiger partial charge in [0.2, 0.25) is 0 Å². The van der Waals surface area contributed by atoms with Crippen LogP contribution in [0.3, 0.4) is 0 Å². The zero-order valence-corrected chi connectivity index (χ0v) is 13.2. The molecule has 0 bridgehead atoms. The highest BCUT2D eigenvalue weighted by Crippen LogP contribution is 2.26. The first-order valence-corrected chi connectivity index (χ1v) is 6.99. The predicted molar refractivity (Wildman–Crippen MR) is 79.0 cm³/mol. The van der Waals surface area contributed by atoms with Gasteiger partial charge in [0.05, 0.1) is 12.0 Å². The third-order valence-corrected chi connectivity index (χ3v) is 3.05. The van der Waals surface area contributed by atoms with E-state index in [-0.39, 0.29) is 12.5 Å². The SMILES string of the molecule is CC(C)(C)OC(=O)Cn1cnc(Br)c1-c1ccncc1. The van der Waals surface area contributed by atoms with E-state index in [2.05, 4.69) is 25.9 Å². The number of hydrogen-bond acceptors (Lipinski definition) is 4. The average Bonchev–Trinajstić information content (AvgIpc) is 2.69. The molecule has 0 N–H and O–H groups in total. The third-order valence-electron chi connectivity index (χ3n) is 2.47. The number of pyridine rings is 1. The number of imidazole rings is 1. The smallest absolute Gasteiger partial charge is 0.326 e. The van der Waals surface area contributed by atoms with Gasteiger partial charge in [-0.15, -0.1) is 0 Å². The summed E-state index contributed by atoms with van der Waals surface area (Å²) in [6.07, 6.45) is 5.02. The van der Waals surface area contributed by atoms with E-state index in [0.29, 0.717) is 4.60 Å². The normalized spacial score (nSPS) is 11.4. The van der Waals surface area contributed by atoms with Gasteiger partial charge in [0.15, 0.2) is 0 Å². The van der Waals surface area contributed by atoms with Crippen LogP contribution in [0.2, 0.25) is 0 Å². The molecule has 0 aliphatic heterocycles. The second kappa shape index (κ2) is 5.75. The Kier molecular flexibility index (Phi) is 4.23. The summed E-state index contributed by atoms with van der Waals surface area (Å²) in [7, 11) is 0. The van der Waals surface area contributed by atoms with Crippen LogP contribution in [0.25, 0.3) is 11.3 Å².